The van der Waals surface area contributed by atoms with Crippen LogP contribution in [-0.2, 0) is 0 Å². The number of hydrogen-bond donors (Lipinski definition) is 0. The predicted molar refractivity (Wildman–Crippen MR) is 80.0 cm³/mol. The molecule has 2 aliphatic heterocycles. The first-order chi connectivity index (χ1) is 9.22. The van der Waals surface area contributed by atoms with Crippen molar-refractivity contribution in [3.05, 3.63) is 48.5 Å². The van der Waals surface area contributed by atoms with Gasteiger partial charge in [-0.1, -0.05) is 0 Å². The zero-order valence-corrected chi connectivity index (χ0v) is 13.0. The third-order valence-electron chi connectivity index (χ3n) is 3.15. The molecule has 0 bridgehead atoms. The Labute approximate surface area is 124 Å². The van der Waals surface area contributed by atoms with Gasteiger partial charge in [0.15, 0.2) is 0 Å². The zero-order valence-electron chi connectivity index (χ0n) is 9.84. The number of para-hydroxylation sites is 4. The first-order valence-corrected chi connectivity index (χ1v) is 9.77. The van der Waals surface area contributed by atoms with Crippen LogP contribution in [-0.4, -0.2) is 12.4 Å². The third-order valence-corrected chi connectivity index (χ3v) is 9.78. The summed E-state index contributed by atoms with van der Waals surface area (Å²) in [4.78, 5) is 0. The molecule has 0 aliphatic carbocycles. The summed E-state index contributed by atoms with van der Waals surface area (Å²) < 4.78 is 24.7. The van der Waals surface area contributed by atoms with Crippen LogP contribution >= 0.6 is 22.6 Å². The van der Waals surface area contributed by atoms with E-state index in [0.29, 0.717) is 27.0 Å². The van der Waals surface area contributed by atoms with E-state index in [-0.39, 0.29) is 0 Å². The van der Waals surface area contributed by atoms with Gasteiger partial charge in [-0.15, -0.1) is 0 Å². The molecule has 98 valence electrons. The van der Waals surface area contributed by atoms with E-state index in [0.717, 1.165) is 0 Å². The van der Waals surface area contributed by atoms with E-state index in [1.165, 1.54) is 0 Å². The van der Waals surface area contributed by atoms with Gasteiger partial charge in [0, 0.05) is 0 Å². The Bertz CT molecular complexity index is 562. The fraction of sp³-hybridized carbons (Fsp3) is 0.0769. The average molecular weight is 385 g/mol. The summed E-state index contributed by atoms with van der Waals surface area (Å²) in [6.45, 7) is 0. The normalized spacial score (nSPS) is 21.8. The second-order valence-electron chi connectivity index (χ2n) is 4.51. The number of rotatable bonds is 1. The van der Waals surface area contributed by atoms with Gasteiger partial charge in [-0.2, -0.15) is 0 Å². The number of alkyl halides is 1. The quantitative estimate of drug-likeness (QED) is 0.429. The van der Waals surface area contributed by atoms with Crippen LogP contribution < -0.4 is 17.7 Å². The monoisotopic (exact) mass is 385 g/mol. The van der Waals surface area contributed by atoms with E-state index in [1.54, 1.807) is 0 Å². The van der Waals surface area contributed by atoms with Crippen LogP contribution in [0.2, 0.25) is 0 Å². The van der Waals surface area contributed by atoms with Gasteiger partial charge in [-0.3, -0.25) is 0 Å². The predicted octanol–water partition coefficient (Wildman–Crippen LogP) is 3.29. The average Bonchev–Trinajstić information content (AvgIpc) is 2.94. The number of hydrogen-bond acceptors (Lipinski definition) is 4. The Hall–Kier alpha value is -1.41. The Morgan fingerprint density at radius 2 is 1.00 bits per heavy atom. The van der Waals surface area contributed by atoms with Crippen LogP contribution in [0.3, 0.4) is 0 Å². The van der Waals surface area contributed by atoms with E-state index in [2.05, 4.69) is 22.6 Å². The Morgan fingerprint density at radius 1 is 0.684 bits per heavy atom. The van der Waals surface area contributed by atoms with Crippen molar-refractivity contribution >= 4 is 30.9 Å². The minimum atomic E-state index is -3.88. The summed E-state index contributed by atoms with van der Waals surface area (Å²) in [6.07, 6.45) is 0. The number of halogens is 1. The summed E-state index contributed by atoms with van der Waals surface area (Å²) in [5, 5.41) is 0. The second kappa shape index (κ2) is 3.57. The zero-order chi connectivity index (χ0) is 12.9. The first kappa shape index (κ1) is 11.4. The van der Waals surface area contributed by atoms with E-state index in [1.807, 2.05) is 48.5 Å². The molecule has 0 radical (unpaired) electrons. The summed E-state index contributed by atoms with van der Waals surface area (Å²) in [5.74, 6) is 2.72. The molecule has 0 atom stereocenters. The van der Waals surface area contributed by atoms with Crippen molar-refractivity contribution in [1.29, 1.82) is 0 Å². The Kier molecular flexibility index (Phi) is 2.15. The van der Waals surface area contributed by atoms with Crippen molar-refractivity contribution in [2.75, 3.05) is 4.05 Å². The molecule has 0 saturated heterocycles. The van der Waals surface area contributed by atoms with Crippen LogP contribution in [0.15, 0.2) is 48.5 Å². The van der Waals surface area contributed by atoms with Crippen molar-refractivity contribution in [3.63, 3.8) is 0 Å². The molecule has 19 heavy (non-hydrogen) atoms. The van der Waals surface area contributed by atoms with Crippen molar-refractivity contribution in [2.45, 2.75) is 0 Å². The summed E-state index contributed by atoms with van der Waals surface area (Å²) >= 11 is 2.20. The van der Waals surface area contributed by atoms with Crippen LogP contribution in [0.1, 0.15) is 0 Å². The van der Waals surface area contributed by atoms with Crippen molar-refractivity contribution in [3.8, 4) is 23.0 Å². The second-order valence-corrected chi connectivity index (χ2v) is 10.0. The topological polar surface area (TPSA) is 36.9 Å². The van der Waals surface area contributed by atoms with Gasteiger partial charge in [0.1, 0.15) is 0 Å². The Balaban J connectivity index is 1.83. The maximum absolute atomic E-state index is 6.05. The van der Waals surface area contributed by atoms with Gasteiger partial charge in [0.2, 0.25) is 0 Å². The Morgan fingerprint density at radius 3 is 1.26 bits per heavy atom. The molecule has 2 heterocycles. The van der Waals surface area contributed by atoms with Crippen LogP contribution in [0.5, 0.6) is 23.0 Å². The van der Waals surface area contributed by atoms with Crippen LogP contribution in [0.4, 0.5) is 0 Å². The fourth-order valence-corrected chi connectivity index (χ4v) is 7.03. The van der Waals surface area contributed by atoms with Crippen LogP contribution in [0, 0.1) is 0 Å². The van der Waals surface area contributed by atoms with E-state index in [9.17, 15) is 0 Å². The SMILES string of the molecule is IC[Si-]12(Oc3ccccc3O1)Oc1ccccc1O2. The minimum absolute atomic E-state index is 0.515. The summed E-state index contributed by atoms with van der Waals surface area (Å²) in [7, 11) is -3.88. The molecule has 0 saturated carbocycles. The van der Waals surface area contributed by atoms with Crippen molar-refractivity contribution < 1.29 is 17.7 Å². The molecule has 0 amide bonds. The fourth-order valence-electron chi connectivity index (χ4n) is 2.32. The molecule has 4 nitrogen and oxygen atoms in total. The van der Waals surface area contributed by atoms with Gasteiger partial charge in [-0.05, 0) is 0 Å². The molecule has 6 heteroatoms. The molecular weight excluding hydrogens is 375 g/mol. The van der Waals surface area contributed by atoms with Gasteiger partial charge in [0.05, 0.1) is 0 Å². The number of benzene rings is 2. The van der Waals surface area contributed by atoms with Gasteiger partial charge in [-0.25, -0.2) is 0 Å². The third kappa shape index (κ3) is 1.50. The van der Waals surface area contributed by atoms with Crippen molar-refractivity contribution in [2.24, 2.45) is 0 Å². The van der Waals surface area contributed by atoms with Crippen molar-refractivity contribution in [1.82, 2.24) is 0 Å². The van der Waals surface area contributed by atoms with Gasteiger partial charge >= 0.3 is 124 Å². The molecule has 0 N–H and O–H groups in total. The molecule has 2 aliphatic rings. The van der Waals surface area contributed by atoms with E-state index in [4.69, 9.17) is 17.7 Å². The number of fused-ring (bicyclic) bond motifs is 2. The molecule has 0 aromatic heterocycles. The van der Waals surface area contributed by atoms with E-state index >= 15 is 0 Å². The maximum atomic E-state index is 6.05. The molecule has 2 aromatic rings. The summed E-state index contributed by atoms with van der Waals surface area (Å²) in [5.41, 5.74) is 0. The molecule has 4 rings (SSSR count). The molecule has 2 aromatic carbocycles. The molecule has 0 unspecified atom stereocenters. The molecule has 1 spiro atoms. The molecular formula is C13H10IO4Si-. The summed E-state index contributed by atoms with van der Waals surface area (Å²) in [6, 6.07) is 15.1. The van der Waals surface area contributed by atoms with Gasteiger partial charge < -0.3 is 0 Å². The first-order valence-electron chi connectivity index (χ1n) is 5.91. The molecule has 0 fully saturated rings. The standard InChI is InChI=1S/C13H10IO4Si/c14-9-19(15-10-5-1-2-6-11(10)16-19)17-12-7-3-4-8-13(12)18-19/h1-8H,9H2/q-1. The van der Waals surface area contributed by atoms with Crippen LogP contribution in [0.25, 0.3) is 0 Å². The van der Waals surface area contributed by atoms with E-state index < -0.39 is 8.33 Å². The van der Waals surface area contributed by atoms with Gasteiger partial charge in [0.25, 0.3) is 0 Å².